The molecule has 1 amide bonds. The van der Waals surface area contributed by atoms with Crippen LogP contribution in [0.1, 0.15) is 49.4 Å². The number of ether oxygens (including phenoxy) is 2. The predicted octanol–water partition coefficient (Wildman–Crippen LogP) is 5.54. The highest BCUT2D eigenvalue weighted by atomic mass is 19.1. The van der Waals surface area contributed by atoms with E-state index in [4.69, 9.17) is 20.3 Å². The quantitative estimate of drug-likeness (QED) is 0.363. The van der Waals surface area contributed by atoms with Gasteiger partial charge in [-0.25, -0.2) is 9.18 Å². The Hall–Kier alpha value is -3.48. The molecule has 0 aliphatic carbocycles. The second-order valence-electron chi connectivity index (χ2n) is 7.59. The number of nitrogens with one attached hydrogen (secondary N) is 2. The van der Waals surface area contributed by atoms with Gasteiger partial charge in [-0.15, -0.1) is 6.58 Å². The summed E-state index contributed by atoms with van der Waals surface area (Å²) in [7, 11) is 0. The van der Waals surface area contributed by atoms with E-state index in [1.807, 2.05) is 19.1 Å². The van der Waals surface area contributed by atoms with Gasteiger partial charge in [0.05, 0.1) is 6.04 Å². The number of hydrogen-bond acceptors (Lipinski definition) is 5. The lowest BCUT2D eigenvalue weighted by molar-refractivity contribution is -0.0588. The van der Waals surface area contributed by atoms with Crippen molar-refractivity contribution < 1.29 is 18.7 Å². The molecule has 162 valence electrons. The van der Waals surface area contributed by atoms with Gasteiger partial charge in [-0.3, -0.25) is 10.8 Å². The van der Waals surface area contributed by atoms with Gasteiger partial charge in [0.1, 0.15) is 11.4 Å². The second kappa shape index (κ2) is 9.12. The summed E-state index contributed by atoms with van der Waals surface area (Å²) >= 11 is 0. The van der Waals surface area contributed by atoms with Crippen LogP contribution in [0.25, 0.3) is 0 Å². The zero-order valence-electron chi connectivity index (χ0n) is 17.7. The number of nitrogens with zero attached hydrogens (tertiary/aromatic N) is 1. The molecule has 31 heavy (non-hydrogen) atoms. The summed E-state index contributed by atoms with van der Waals surface area (Å²) in [5.41, 5.74) is 1.32. The molecule has 1 heterocycles. The third-order valence-corrected chi connectivity index (χ3v) is 5.50. The third kappa shape index (κ3) is 4.82. The zero-order valence-corrected chi connectivity index (χ0v) is 17.7. The Morgan fingerprint density at radius 3 is 2.45 bits per heavy atom. The van der Waals surface area contributed by atoms with E-state index in [2.05, 4.69) is 6.58 Å². The van der Waals surface area contributed by atoms with Crippen LogP contribution in [0.4, 0.5) is 9.18 Å². The van der Waals surface area contributed by atoms with Crippen LogP contribution in [0, 0.1) is 16.6 Å². The molecule has 2 aromatic carbocycles. The second-order valence-corrected chi connectivity index (χ2v) is 7.59. The fraction of sp³-hybridized carbons (Fsp3) is 0.292. The fourth-order valence-corrected chi connectivity index (χ4v) is 3.78. The molecule has 2 N–H and O–H groups in total. The minimum Gasteiger partial charge on any atom is -0.437 e. The van der Waals surface area contributed by atoms with Gasteiger partial charge in [-0.2, -0.15) is 0 Å². The van der Waals surface area contributed by atoms with Crippen LogP contribution >= 0.6 is 0 Å². The topological polar surface area (TPSA) is 86.5 Å². The first-order chi connectivity index (χ1) is 14.8. The van der Waals surface area contributed by atoms with E-state index >= 15 is 0 Å². The average Bonchev–Trinajstić information content (AvgIpc) is 2.73. The van der Waals surface area contributed by atoms with Gasteiger partial charge in [-0.1, -0.05) is 30.3 Å². The van der Waals surface area contributed by atoms with Crippen molar-refractivity contribution in [1.29, 1.82) is 10.8 Å². The highest BCUT2D eigenvalue weighted by molar-refractivity contribution is 5.98. The normalized spacial score (nSPS) is 19.3. The van der Waals surface area contributed by atoms with Gasteiger partial charge in [0.15, 0.2) is 5.90 Å². The van der Waals surface area contributed by atoms with Crippen LogP contribution in [0.2, 0.25) is 0 Å². The molecular weight excluding hydrogens is 397 g/mol. The molecule has 0 bridgehead atoms. The van der Waals surface area contributed by atoms with Crippen molar-refractivity contribution in [1.82, 2.24) is 4.90 Å². The predicted molar refractivity (Wildman–Crippen MR) is 117 cm³/mol. The lowest BCUT2D eigenvalue weighted by atomic mass is 9.85. The summed E-state index contributed by atoms with van der Waals surface area (Å²) in [6.07, 6.45) is 2.26. The monoisotopic (exact) mass is 423 g/mol. The van der Waals surface area contributed by atoms with Gasteiger partial charge in [-0.05, 0) is 42.3 Å². The van der Waals surface area contributed by atoms with Crippen molar-refractivity contribution in [2.24, 2.45) is 0 Å². The van der Waals surface area contributed by atoms with E-state index in [1.165, 1.54) is 19.1 Å². The number of cyclic esters (lactones) is 1. The molecule has 1 fully saturated rings. The molecule has 0 aromatic heterocycles. The maximum atomic E-state index is 13.4. The summed E-state index contributed by atoms with van der Waals surface area (Å²) in [5.74, 6) is -0.493. The molecule has 0 saturated carbocycles. The molecular formula is C24H26FN3O3. The Balaban J connectivity index is 1.76. The van der Waals surface area contributed by atoms with Crippen LogP contribution in [-0.2, 0) is 15.1 Å². The Morgan fingerprint density at radius 1 is 1.26 bits per heavy atom. The van der Waals surface area contributed by atoms with E-state index in [1.54, 1.807) is 35.2 Å². The summed E-state index contributed by atoms with van der Waals surface area (Å²) in [6, 6.07) is 12.9. The molecule has 3 rings (SSSR count). The van der Waals surface area contributed by atoms with E-state index < -0.39 is 11.7 Å². The Kier molecular flexibility index (Phi) is 6.53. The molecule has 6 nitrogen and oxygen atoms in total. The number of amides is 1. The van der Waals surface area contributed by atoms with E-state index in [0.29, 0.717) is 24.9 Å². The molecule has 1 saturated heterocycles. The van der Waals surface area contributed by atoms with Gasteiger partial charge < -0.3 is 14.4 Å². The van der Waals surface area contributed by atoms with Gasteiger partial charge >= 0.3 is 6.09 Å². The maximum Gasteiger partial charge on any atom is 0.411 e. The molecule has 2 unspecified atom stereocenters. The van der Waals surface area contributed by atoms with Crippen molar-refractivity contribution in [3.8, 4) is 0 Å². The third-order valence-electron chi connectivity index (χ3n) is 5.50. The highest BCUT2D eigenvalue weighted by Crippen LogP contribution is 2.39. The molecule has 1 aliphatic heterocycles. The van der Waals surface area contributed by atoms with Crippen molar-refractivity contribution in [2.45, 2.75) is 38.3 Å². The number of benzene rings is 2. The summed E-state index contributed by atoms with van der Waals surface area (Å²) in [5, 5.41) is 15.2. The van der Waals surface area contributed by atoms with Gasteiger partial charge in [0.25, 0.3) is 0 Å². The van der Waals surface area contributed by atoms with Gasteiger partial charge in [0, 0.05) is 31.9 Å². The lowest BCUT2D eigenvalue weighted by Crippen LogP contribution is -2.48. The minimum absolute atomic E-state index is 0.0531. The smallest absolute Gasteiger partial charge is 0.411 e. The standard InChI is InChI=1S/C24H26FN3O3/c1-4-13-24(20-9-11-21(25)12-10-20)14-15-28(23(29)31-24)16(2)18-5-7-19(8-6-18)22(27)30-17(3)26/h4-12,16,26-27H,1,13-15H2,2-3H3. The van der Waals surface area contributed by atoms with E-state index in [9.17, 15) is 9.18 Å². The lowest BCUT2D eigenvalue weighted by Gasteiger charge is -2.43. The Bertz CT molecular complexity index is 988. The number of carbonyl (C=O) groups excluding carboxylic acids is 1. The molecule has 1 aliphatic rings. The molecule has 2 atom stereocenters. The molecule has 0 radical (unpaired) electrons. The number of hydrogen-bond donors (Lipinski definition) is 2. The largest absolute Gasteiger partial charge is 0.437 e. The van der Waals surface area contributed by atoms with E-state index in [0.717, 1.165) is 11.1 Å². The number of halogens is 1. The highest BCUT2D eigenvalue weighted by Gasteiger charge is 2.42. The summed E-state index contributed by atoms with van der Waals surface area (Å²) in [4.78, 5) is 14.6. The van der Waals surface area contributed by atoms with Crippen molar-refractivity contribution in [3.63, 3.8) is 0 Å². The van der Waals surface area contributed by atoms with Crippen LogP contribution < -0.4 is 0 Å². The zero-order chi connectivity index (χ0) is 22.6. The summed E-state index contributed by atoms with van der Waals surface area (Å²) in [6.45, 7) is 7.64. The van der Waals surface area contributed by atoms with Crippen LogP contribution in [0.3, 0.4) is 0 Å². The van der Waals surface area contributed by atoms with Crippen molar-refractivity contribution in [2.75, 3.05) is 6.54 Å². The molecule has 2 aromatic rings. The maximum absolute atomic E-state index is 13.4. The SMILES string of the molecule is C=CCC1(c2ccc(F)cc2)CCN(C(C)c2ccc(C(=N)OC(C)=N)cc2)C(=O)O1. The van der Waals surface area contributed by atoms with E-state index in [-0.39, 0.29) is 23.7 Å². The number of rotatable bonds is 6. The van der Waals surface area contributed by atoms with Crippen molar-refractivity contribution >= 4 is 17.9 Å². The van der Waals surface area contributed by atoms with Crippen LogP contribution in [-0.4, -0.2) is 29.3 Å². The van der Waals surface area contributed by atoms with Crippen LogP contribution in [0.5, 0.6) is 0 Å². The first-order valence-corrected chi connectivity index (χ1v) is 10.0. The van der Waals surface area contributed by atoms with Gasteiger partial charge in [0.2, 0.25) is 5.90 Å². The average molecular weight is 423 g/mol. The first-order valence-electron chi connectivity index (χ1n) is 10.0. The number of carbonyl (C=O) groups is 1. The Labute approximate surface area is 181 Å². The summed E-state index contributed by atoms with van der Waals surface area (Å²) < 4.78 is 24.3. The first kappa shape index (κ1) is 22.2. The molecule has 7 heteroatoms. The minimum atomic E-state index is -0.857. The molecule has 0 spiro atoms. The van der Waals surface area contributed by atoms with Crippen molar-refractivity contribution in [3.05, 3.63) is 83.7 Å². The van der Waals surface area contributed by atoms with Crippen LogP contribution in [0.15, 0.2) is 61.2 Å². The Morgan fingerprint density at radius 2 is 1.90 bits per heavy atom. The fourth-order valence-electron chi connectivity index (χ4n) is 3.78.